The maximum atomic E-state index is 14.2. The molecule has 5 aliphatic rings. The van der Waals surface area contributed by atoms with Gasteiger partial charge in [0, 0.05) is 68.2 Å². The van der Waals surface area contributed by atoms with Crippen LogP contribution in [0.25, 0.3) is 11.0 Å². The minimum atomic E-state index is -4.68. The zero-order valence-corrected chi connectivity index (χ0v) is 40.3. The minimum absolute atomic E-state index is 0.0727. The van der Waals surface area contributed by atoms with Crippen LogP contribution in [0.1, 0.15) is 112 Å². The van der Waals surface area contributed by atoms with Gasteiger partial charge in [0.25, 0.3) is 21.8 Å². The molecule has 1 amide bonds. The normalized spacial score (nSPS) is 24.0. The number of carbonyl (C=O) groups excluding carboxylic acids is 1. The second-order valence-electron chi connectivity index (χ2n) is 20.6. The summed E-state index contributed by atoms with van der Waals surface area (Å²) in [6, 6.07) is 19.1. The van der Waals surface area contributed by atoms with Crippen molar-refractivity contribution < 1.29 is 37.5 Å². The first-order chi connectivity index (χ1) is 33.1. The molecule has 5 aromatic rings. The Hall–Kier alpha value is -5.82. The van der Waals surface area contributed by atoms with Gasteiger partial charge in [0.05, 0.1) is 35.5 Å². The molecule has 3 aromatic heterocycles. The molecule has 6 heterocycles. The number of aliphatic hydroxyl groups is 1. The van der Waals surface area contributed by atoms with E-state index in [1.165, 1.54) is 30.4 Å². The lowest BCUT2D eigenvalue weighted by Crippen LogP contribution is -2.63. The topological polar surface area (TPSA) is 214 Å². The third kappa shape index (κ3) is 9.85. The number of ether oxygens (including phenoxy) is 3. The Kier molecular flexibility index (Phi) is 12.8. The van der Waals surface area contributed by atoms with Crippen LogP contribution in [0.5, 0.6) is 17.4 Å². The van der Waals surface area contributed by atoms with E-state index in [0.717, 1.165) is 75.2 Å². The Labute approximate surface area is 402 Å². The molecule has 0 unspecified atom stereocenters. The van der Waals surface area contributed by atoms with Gasteiger partial charge in [-0.2, -0.15) is 4.98 Å². The number of nitrogens with zero attached hydrogens (tertiary/aromatic N) is 5. The van der Waals surface area contributed by atoms with E-state index in [1.807, 2.05) is 6.07 Å². The van der Waals surface area contributed by atoms with E-state index in [9.17, 15) is 28.4 Å². The van der Waals surface area contributed by atoms with Gasteiger partial charge < -0.3 is 34.5 Å². The summed E-state index contributed by atoms with van der Waals surface area (Å²) >= 11 is 0. The monoisotopic (exact) mass is 962 g/mol. The molecular weight excluding hydrogens is 901 g/mol. The first-order valence-electron chi connectivity index (χ1n) is 24.4. The Morgan fingerprint density at radius 2 is 1.78 bits per heavy atom. The summed E-state index contributed by atoms with van der Waals surface area (Å²) in [6.07, 6.45) is 10.9. The Balaban J connectivity index is 0.874. The number of hydrogen-bond donors (Lipinski definition) is 4. The van der Waals surface area contributed by atoms with Gasteiger partial charge in [-0.25, -0.2) is 18.1 Å². The highest BCUT2D eigenvalue weighted by atomic mass is 32.2. The third-order valence-electron chi connectivity index (χ3n) is 15.3. The third-order valence-corrected chi connectivity index (χ3v) is 16.6. The van der Waals surface area contributed by atoms with Gasteiger partial charge >= 0.3 is 5.69 Å². The number of H-pyrrole nitrogens is 1. The van der Waals surface area contributed by atoms with Gasteiger partial charge in [0.15, 0.2) is 5.75 Å². The number of piperidine rings is 1. The SMILES string of the molecule is CC(C)c1ccccc1[C@H]1CCC[C@H]1N1CC2(CCN(c3ccc(C(=O)NS(=O)(=O)c4cnc(NCC5CCC(C)(O)CC5)c([N+](=O)[O-])c4)c(Oc4cc5cc[nH]c5nc4OC4COC4)c3)CC2)C1. The summed E-state index contributed by atoms with van der Waals surface area (Å²) < 4.78 is 48.0. The number of likely N-dealkylation sites (tertiary alicyclic amines) is 1. The molecule has 0 bridgehead atoms. The highest BCUT2D eigenvalue weighted by Gasteiger charge is 2.49. The summed E-state index contributed by atoms with van der Waals surface area (Å²) in [4.78, 5) is 42.1. The van der Waals surface area contributed by atoms with E-state index in [-0.39, 0.29) is 46.2 Å². The summed E-state index contributed by atoms with van der Waals surface area (Å²) in [7, 11) is -4.68. The van der Waals surface area contributed by atoms with E-state index in [1.54, 1.807) is 37.4 Å². The molecule has 17 nitrogen and oxygen atoms in total. The molecule has 10 rings (SSSR count). The summed E-state index contributed by atoms with van der Waals surface area (Å²) in [5.41, 5.74) is 3.23. The fourth-order valence-corrected chi connectivity index (χ4v) is 12.1. The number of nitrogens with one attached hydrogen (secondary N) is 3. The lowest BCUT2D eigenvalue weighted by atomic mass is 9.70. The van der Waals surface area contributed by atoms with Gasteiger partial charge in [-0.1, -0.05) is 44.5 Å². The molecule has 4 N–H and O–H groups in total. The average molecular weight is 963 g/mol. The smallest absolute Gasteiger partial charge is 0.312 e. The number of fused-ring (bicyclic) bond motifs is 1. The van der Waals surface area contributed by atoms with E-state index in [2.05, 4.69) is 72.9 Å². The van der Waals surface area contributed by atoms with E-state index in [0.29, 0.717) is 56.1 Å². The second-order valence-corrected chi connectivity index (χ2v) is 22.3. The molecule has 5 fully saturated rings. The Morgan fingerprint density at radius 3 is 2.51 bits per heavy atom. The number of pyridine rings is 2. The summed E-state index contributed by atoms with van der Waals surface area (Å²) in [6.45, 7) is 11.3. The first-order valence-corrected chi connectivity index (χ1v) is 25.9. The molecule has 2 aliphatic carbocycles. The second kappa shape index (κ2) is 18.8. The minimum Gasteiger partial charge on any atom is -0.467 e. The van der Waals surface area contributed by atoms with Gasteiger partial charge in [-0.05, 0) is 117 Å². The van der Waals surface area contributed by atoms with Crippen LogP contribution in [0.4, 0.5) is 17.2 Å². The van der Waals surface area contributed by atoms with E-state index in [4.69, 9.17) is 14.2 Å². The van der Waals surface area contributed by atoms with Crippen LogP contribution in [0.15, 0.2) is 78.0 Å². The van der Waals surface area contributed by atoms with Crippen molar-refractivity contribution in [2.24, 2.45) is 11.3 Å². The molecule has 18 heteroatoms. The molecule has 2 atom stereocenters. The number of sulfonamides is 1. The standard InChI is InChI=1S/C51H62N8O9S/c1-32(2)38-7-4-5-8-39(38)40-9-6-10-42(40)58-30-51(31-58)18-21-57(22-19-51)35-11-12-41(44(24-35)68-45-23-34-15-20-52-46(34)55-49(45)67-36-28-66-29-36)48(60)56-69(64,65)37-25-43(59(62)63)47(54-27-37)53-26-33-13-16-50(3,61)17-14-33/h4-5,7-8,11-12,15,20,23-25,27,32-33,36,40,42,61H,6,9-10,13-14,16-19,21-22,26,28-31H2,1-3H3,(H,52,55)(H,53,54)(H,56,60)/t33?,40-,42-,50?/m1/s1. The lowest BCUT2D eigenvalue weighted by molar-refractivity contribution is -0.384. The van der Waals surface area contributed by atoms with Crippen LogP contribution in [0, 0.1) is 21.4 Å². The maximum Gasteiger partial charge on any atom is 0.312 e. The van der Waals surface area contributed by atoms with Gasteiger partial charge in [-0.3, -0.25) is 19.8 Å². The number of amides is 1. The van der Waals surface area contributed by atoms with Crippen molar-refractivity contribution in [3.05, 3.63) is 99.9 Å². The largest absolute Gasteiger partial charge is 0.467 e. The number of carbonyl (C=O) groups is 1. The number of aromatic amines is 1. The van der Waals surface area contributed by atoms with E-state index < -0.39 is 37.0 Å². The van der Waals surface area contributed by atoms with Crippen LogP contribution < -0.4 is 24.4 Å². The van der Waals surface area contributed by atoms with Crippen LogP contribution in [0.2, 0.25) is 0 Å². The van der Waals surface area contributed by atoms with Crippen molar-refractivity contribution in [1.82, 2.24) is 24.6 Å². The maximum absolute atomic E-state index is 14.2. The molecular formula is C51H62N8O9S. The fourth-order valence-electron chi connectivity index (χ4n) is 11.2. The van der Waals surface area contributed by atoms with Crippen LogP contribution in [0.3, 0.4) is 0 Å². The van der Waals surface area contributed by atoms with Crippen molar-refractivity contribution in [3.63, 3.8) is 0 Å². The van der Waals surface area contributed by atoms with Crippen molar-refractivity contribution >= 4 is 44.2 Å². The van der Waals surface area contributed by atoms with Gasteiger partial charge in [0.2, 0.25) is 5.82 Å². The lowest BCUT2D eigenvalue weighted by Gasteiger charge is -2.57. The summed E-state index contributed by atoms with van der Waals surface area (Å²) in [5, 5.41) is 26.3. The van der Waals surface area contributed by atoms with Crippen molar-refractivity contribution in [2.75, 3.05) is 56.2 Å². The highest BCUT2D eigenvalue weighted by molar-refractivity contribution is 7.90. The van der Waals surface area contributed by atoms with Gasteiger partial charge in [0.1, 0.15) is 22.4 Å². The highest BCUT2D eigenvalue weighted by Crippen LogP contribution is 2.49. The number of aromatic nitrogens is 3. The van der Waals surface area contributed by atoms with Crippen LogP contribution in [-0.4, -0.2) is 108 Å². The van der Waals surface area contributed by atoms with Crippen LogP contribution >= 0.6 is 0 Å². The molecule has 1 spiro atoms. The fraction of sp³-hybridized carbons (Fsp3) is 0.510. The van der Waals surface area contributed by atoms with Gasteiger partial charge in [-0.15, -0.1) is 0 Å². The Bertz CT molecular complexity index is 2820. The predicted molar refractivity (Wildman–Crippen MR) is 261 cm³/mol. The molecule has 366 valence electrons. The quantitative estimate of drug-likeness (QED) is 0.0574. The Morgan fingerprint density at radius 1 is 1.01 bits per heavy atom. The number of nitro groups is 1. The number of hydrogen-bond acceptors (Lipinski definition) is 14. The first kappa shape index (κ1) is 46.9. The van der Waals surface area contributed by atoms with Crippen LogP contribution in [-0.2, 0) is 14.8 Å². The molecule has 3 saturated heterocycles. The predicted octanol–water partition coefficient (Wildman–Crippen LogP) is 8.27. The number of rotatable bonds is 15. The molecule has 2 aromatic carbocycles. The van der Waals surface area contributed by atoms with Crippen molar-refractivity contribution in [1.29, 1.82) is 0 Å². The van der Waals surface area contributed by atoms with E-state index >= 15 is 0 Å². The number of benzene rings is 2. The van der Waals surface area contributed by atoms with Crippen molar-refractivity contribution in [3.8, 4) is 17.4 Å². The van der Waals surface area contributed by atoms with Crippen molar-refractivity contribution in [2.45, 2.75) is 113 Å². The number of anilines is 2. The summed E-state index contributed by atoms with van der Waals surface area (Å²) in [5.74, 6) is 0.579. The molecule has 3 aliphatic heterocycles. The zero-order chi connectivity index (χ0) is 48.1. The molecule has 69 heavy (non-hydrogen) atoms. The zero-order valence-electron chi connectivity index (χ0n) is 39.5. The average Bonchev–Trinajstić information content (AvgIpc) is 3.98. The molecule has 2 saturated carbocycles. The molecule has 0 radical (unpaired) electrons.